The van der Waals surface area contributed by atoms with Gasteiger partial charge in [0.25, 0.3) is 0 Å². The summed E-state index contributed by atoms with van der Waals surface area (Å²) in [4.78, 5) is 0. The molecule has 0 atom stereocenters. The van der Waals surface area contributed by atoms with Gasteiger partial charge in [-0.05, 0) is 47.5 Å². The number of hydrogen-bond acceptors (Lipinski definition) is 3. The van der Waals surface area contributed by atoms with Gasteiger partial charge in [-0.15, -0.1) is 0 Å². The van der Waals surface area contributed by atoms with Gasteiger partial charge in [0.15, 0.2) is 5.75 Å². The quantitative estimate of drug-likeness (QED) is 0.764. The first-order valence-electron chi connectivity index (χ1n) is 7.02. The summed E-state index contributed by atoms with van der Waals surface area (Å²) in [5.74, 6) is 0.781. The number of ether oxygens (including phenoxy) is 1. The Balaban J connectivity index is 2.17. The Bertz CT molecular complexity index is 601. The molecule has 0 radical (unpaired) electrons. The van der Waals surface area contributed by atoms with Crippen LogP contribution in [0.25, 0.3) is 0 Å². The lowest BCUT2D eigenvalue weighted by Gasteiger charge is -2.15. The van der Waals surface area contributed by atoms with E-state index in [2.05, 4.69) is 33.3 Å². The van der Waals surface area contributed by atoms with Crippen molar-refractivity contribution in [1.82, 2.24) is 9.78 Å². The van der Waals surface area contributed by atoms with Gasteiger partial charge >= 0.3 is 0 Å². The van der Waals surface area contributed by atoms with Crippen LogP contribution >= 0.6 is 27.5 Å². The van der Waals surface area contributed by atoms with E-state index in [0.29, 0.717) is 18.2 Å². The maximum Gasteiger partial charge on any atom is 0.156 e. The van der Waals surface area contributed by atoms with Crippen molar-refractivity contribution < 1.29 is 4.74 Å². The monoisotopic (exact) mass is 371 g/mol. The molecule has 1 N–H and O–H groups in total. The highest BCUT2D eigenvalue weighted by atomic mass is 79.9. The molecule has 1 heterocycles. The van der Waals surface area contributed by atoms with Crippen molar-refractivity contribution in [2.45, 2.75) is 33.4 Å². The zero-order valence-corrected chi connectivity index (χ0v) is 14.5. The summed E-state index contributed by atoms with van der Waals surface area (Å²) in [6.45, 7) is 6.29. The molecule has 0 amide bonds. The van der Waals surface area contributed by atoms with Crippen molar-refractivity contribution in [2.75, 3.05) is 11.9 Å². The molecule has 0 unspecified atom stereocenters. The third-order valence-electron chi connectivity index (χ3n) is 3.00. The number of benzene rings is 1. The molecule has 6 heteroatoms. The first-order chi connectivity index (χ1) is 10.2. The van der Waals surface area contributed by atoms with E-state index in [-0.39, 0.29) is 0 Å². The summed E-state index contributed by atoms with van der Waals surface area (Å²) in [6, 6.07) is 5.72. The molecule has 21 heavy (non-hydrogen) atoms. The van der Waals surface area contributed by atoms with Crippen LogP contribution in [0.4, 0.5) is 5.69 Å². The predicted molar refractivity (Wildman–Crippen MR) is 90.2 cm³/mol. The van der Waals surface area contributed by atoms with Crippen molar-refractivity contribution >= 4 is 33.2 Å². The minimum Gasteiger partial charge on any atom is -0.491 e. The van der Waals surface area contributed by atoms with Gasteiger partial charge in [0.1, 0.15) is 0 Å². The van der Waals surface area contributed by atoms with Gasteiger partial charge in [0.2, 0.25) is 0 Å². The van der Waals surface area contributed by atoms with E-state index in [1.807, 2.05) is 36.0 Å². The summed E-state index contributed by atoms with van der Waals surface area (Å²) in [5, 5.41) is 8.36. The Labute approximate surface area is 138 Å². The van der Waals surface area contributed by atoms with Gasteiger partial charge in [0, 0.05) is 17.8 Å². The highest BCUT2D eigenvalue weighted by Gasteiger charge is 2.11. The summed E-state index contributed by atoms with van der Waals surface area (Å²) >= 11 is 9.61. The number of hydrogen-bond donors (Lipinski definition) is 1. The lowest BCUT2D eigenvalue weighted by Crippen LogP contribution is -2.10. The van der Waals surface area contributed by atoms with E-state index in [1.165, 1.54) is 0 Å². The van der Waals surface area contributed by atoms with E-state index < -0.39 is 0 Å². The normalized spacial score (nSPS) is 10.7. The van der Waals surface area contributed by atoms with Crippen molar-refractivity contribution in [1.29, 1.82) is 0 Å². The summed E-state index contributed by atoms with van der Waals surface area (Å²) in [6.07, 6.45) is 2.88. The zero-order valence-electron chi connectivity index (χ0n) is 12.2. The molecule has 0 bridgehead atoms. The first-order valence-corrected chi connectivity index (χ1v) is 8.19. The smallest absolute Gasteiger partial charge is 0.156 e. The van der Waals surface area contributed by atoms with Crippen LogP contribution in [0.2, 0.25) is 5.02 Å². The first kappa shape index (κ1) is 16.2. The number of nitrogens with one attached hydrogen (secondary N) is 1. The van der Waals surface area contributed by atoms with Crippen molar-refractivity contribution in [3.63, 3.8) is 0 Å². The number of anilines is 1. The van der Waals surface area contributed by atoms with E-state index in [4.69, 9.17) is 16.3 Å². The van der Waals surface area contributed by atoms with Crippen LogP contribution in [0.15, 0.2) is 28.9 Å². The lowest BCUT2D eigenvalue weighted by atomic mass is 10.2. The number of rotatable bonds is 7. The standard InChI is InChI=1S/C15H19BrClN3O/c1-3-7-20-12(5-6-19-20)10-18-14-9-11(17)8-13(16)15(14)21-4-2/h5-6,8-9,18H,3-4,7,10H2,1-2H3. The van der Waals surface area contributed by atoms with Crippen LogP contribution in [0.5, 0.6) is 5.75 Å². The Morgan fingerprint density at radius 2 is 2.19 bits per heavy atom. The van der Waals surface area contributed by atoms with E-state index >= 15 is 0 Å². The SMILES string of the molecule is CCCn1nccc1CNc1cc(Cl)cc(Br)c1OCC. The summed E-state index contributed by atoms with van der Waals surface area (Å²) < 4.78 is 8.54. The molecule has 0 fully saturated rings. The summed E-state index contributed by atoms with van der Waals surface area (Å²) in [5.41, 5.74) is 2.01. The number of halogens is 2. The zero-order chi connectivity index (χ0) is 15.2. The number of aromatic nitrogens is 2. The maximum absolute atomic E-state index is 6.12. The third kappa shape index (κ3) is 4.14. The molecule has 4 nitrogen and oxygen atoms in total. The van der Waals surface area contributed by atoms with Crippen LogP contribution in [0, 0.1) is 0 Å². The molecule has 2 rings (SSSR count). The van der Waals surface area contributed by atoms with Crippen LogP contribution in [0.3, 0.4) is 0 Å². The molecule has 0 aliphatic heterocycles. The Morgan fingerprint density at radius 3 is 2.90 bits per heavy atom. The van der Waals surface area contributed by atoms with Crippen LogP contribution in [-0.2, 0) is 13.1 Å². The average Bonchev–Trinajstić information content (AvgIpc) is 2.88. The molecule has 0 saturated heterocycles. The molecular formula is C15H19BrClN3O. The van der Waals surface area contributed by atoms with Gasteiger partial charge in [-0.3, -0.25) is 4.68 Å². The second kappa shape index (κ2) is 7.71. The second-order valence-corrected chi connectivity index (χ2v) is 5.89. The predicted octanol–water partition coefficient (Wildman–Crippen LogP) is 4.72. The van der Waals surface area contributed by atoms with Crippen molar-refractivity contribution in [3.05, 3.63) is 39.6 Å². The minimum absolute atomic E-state index is 0.600. The van der Waals surface area contributed by atoms with E-state index in [0.717, 1.165) is 34.6 Å². The van der Waals surface area contributed by atoms with Gasteiger partial charge in [-0.25, -0.2) is 0 Å². The van der Waals surface area contributed by atoms with Gasteiger partial charge in [-0.1, -0.05) is 18.5 Å². The molecule has 0 aliphatic carbocycles. The molecule has 0 aliphatic rings. The Hall–Kier alpha value is -1.20. The molecule has 1 aromatic heterocycles. The highest BCUT2D eigenvalue weighted by molar-refractivity contribution is 9.10. The number of nitrogens with zero attached hydrogens (tertiary/aromatic N) is 2. The largest absolute Gasteiger partial charge is 0.491 e. The third-order valence-corrected chi connectivity index (χ3v) is 3.80. The Morgan fingerprint density at radius 1 is 1.38 bits per heavy atom. The van der Waals surface area contributed by atoms with Gasteiger partial charge in [-0.2, -0.15) is 5.10 Å². The van der Waals surface area contributed by atoms with Crippen molar-refractivity contribution in [3.8, 4) is 5.75 Å². The molecule has 1 aromatic carbocycles. The van der Waals surface area contributed by atoms with E-state index in [9.17, 15) is 0 Å². The molecular weight excluding hydrogens is 354 g/mol. The van der Waals surface area contributed by atoms with Crippen LogP contribution in [0.1, 0.15) is 26.0 Å². The maximum atomic E-state index is 6.12. The Kier molecular flexibility index (Phi) is 5.94. The fourth-order valence-electron chi connectivity index (χ4n) is 2.09. The average molecular weight is 373 g/mol. The molecule has 2 aromatic rings. The molecule has 0 spiro atoms. The highest BCUT2D eigenvalue weighted by Crippen LogP contribution is 2.36. The fourth-order valence-corrected chi connectivity index (χ4v) is 3.02. The molecule has 114 valence electrons. The van der Waals surface area contributed by atoms with Crippen molar-refractivity contribution in [2.24, 2.45) is 0 Å². The van der Waals surface area contributed by atoms with Gasteiger partial charge in [0.05, 0.1) is 29.0 Å². The lowest BCUT2D eigenvalue weighted by molar-refractivity contribution is 0.339. The summed E-state index contributed by atoms with van der Waals surface area (Å²) in [7, 11) is 0. The van der Waals surface area contributed by atoms with Crippen LogP contribution < -0.4 is 10.1 Å². The molecule has 0 saturated carbocycles. The topological polar surface area (TPSA) is 39.1 Å². The fraction of sp³-hybridized carbons (Fsp3) is 0.400. The second-order valence-electron chi connectivity index (χ2n) is 4.60. The van der Waals surface area contributed by atoms with E-state index in [1.54, 1.807) is 0 Å². The minimum atomic E-state index is 0.600. The number of aryl methyl sites for hydroxylation is 1. The van der Waals surface area contributed by atoms with Crippen LogP contribution in [-0.4, -0.2) is 16.4 Å². The van der Waals surface area contributed by atoms with Gasteiger partial charge < -0.3 is 10.1 Å².